The number of aromatic amines is 1. The van der Waals surface area contributed by atoms with E-state index in [1.807, 2.05) is 164 Å². The molecule has 0 radical (unpaired) electrons. The van der Waals surface area contributed by atoms with Crippen LogP contribution in [0.3, 0.4) is 0 Å². The first-order chi connectivity index (χ1) is 71.7. The molecule has 1 aliphatic heterocycles. The quantitative estimate of drug-likeness (QED) is 0.0136. The fourth-order valence-electron chi connectivity index (χ4n) is 14.0. The van der Waals surface area contributed by atoms with E-state index >= 15 is 0 Å². The molecular weight excluding hydrogens is 2330 g/mol. The number of aromatic nitrogens is 7. The van der Waals surface area contributed by atoms with Crippen LogP contribution in [0.2, 0.25) is 51.4 Å². The Kier molecular flexibility index (Phi) is 56.4. The third-order valence-electron chi connectivity index (χ3n) is 20.1. The molecule has 1 unspecified atom stereocenters. The van der Waals surface area contributed by atoms with Crippen LogP contribution in [0.15, 0.2) is 275 Å². The third kappa shape index (κ3) is 39.4. The van der Waals surface area contributed by atoms with Gasteiger partial charge in [-0.2, -0.15) is 0 Å². The molecule has 30 nitrogen and oxygen atoms in total. The van der Waals surface area contributed by atoms with Crippen molar-refractivity contribution in [3.05, 3.63) is 393 Å². The van der Waals surface area contributed by atoms with E-state index in [2.05, 4.69) is 71.5 Å². The van der Waals surface area contributed by atoms with Gasteiger partial charge in [0.25, 0.3) is 0 Å². The average molecular weight is 2430 g/mol. The number of hydrogen-bond donors (Lipinski definition) is 4. The van der Waals surface area contributed by atoms with Crippen molar-refractivity contribution >= 4 is 178 Å². The predicted molar refractivity (Wildman–Crippen MR) is 577 cm³/mol. The normalized spacial score (nSPS) is 14.3. The predicted octanol–water partition coefficient (Wildman–Crippen LogP) is 26.2. The molecule has 1 saturated carbocycles. The van der Waals surface area contributed by atoms with Crippen LogP contribution in [0.25, 0.3) is 0 Å². The Bertz CT molecular complexity index is 6720. The number of carbonyl (C=O) groups is 5. The summed E-state index contributed by atoms with van der Waals surface area (Å²) in [7, 11) is 7.44. The molecule has 0 bridgehead atoms. The SMILES string of the molecule is C.CCOC(C)=O.COC(=O)[C@H]1[C@@H](O)[C@@]2(O)c3c(cc(Cl)nc3OC)O[C@@]2(c2ccc(Br)cc2)[C@@H]1c1ccccc1.COc1[nH]c(Cl)cc(=O)c1C(C)=O.COc1cc(OCc2ccccc2)cc(Cl)n1.COc1nc(Cl)cc(OCc2ccccc2)c1C(C)=O.COc1nc(Cl)cc(OCc2ccccc2)c1C(C)O.Clc1cc(Cl)nc(Cl)c1.Clc1cc(OCc2ccccc2)cc(Cl)n1.O=Cc1ccc(Br)cc1.[2H]CF.[O]=[Mn]=[O]. The second-order valence-corrected chi connectivity index (χ2v) is 36.0. The van der Waals surface area contributed by atoms with Crippen molar-refractivity contribution in [2.24, 2.45) is 5.92 Å². The van der Waals surface area contributed by atoms with Crippen LogP contribution in [0.4, 0.5) is 4.39 Å². The van der Waals surface area contributed by atoms with E-state index in [1.54, 1.807) is 87.7 Å². The van der Waals surface area contributed by atoms with Gasteiger partial charge < -0.3 is 77.1 Å². The summed E-state index contributed by atoms with van der Waals surface area (Å²) in [6.45, 7) is 9.70. The number of Topliss-reactive ketones (excluding diaryl/α,β-unsaturated/α-hetero) is 2. The number of hydrogen-bond acceptors (Lipinski definition) is 29. The molecule has 0 saturated heterocycles. The summed E-state index contributed by atoms with van der Waals surface area (Å²) in [6.07, 6.45) is -1.56. The van der Waals surface area contributed by atoms with Crippen LogP contribution >= 0.6 is 148 Å². The van der Waals surface area contributed by atoms with Crippen molar-refractivity contribution in [3.8, 4) is 58.1 Å². The second-order valence-electron chi connectivity index (χ2n) is 30.0. The average Bonchev–Trinajstić information content (AvgIpc) is 1.49. The van der Waals surface area contributed by atoms with E-state index in [0.29, 0.717) is 121 Å². The number of aliphatic hydroxyl groups excluding tert-OH is 2. The molecule has 4 N–H and O–H groups in total. The number of pyridine rings is 7. The Morgan fingerprint density at radius 1 is 0.520 bits per heavy atom. The summed E-state index contributed by atoms with van der Waals surface area (Å²) in [5.74, 6) is -0.0978. The van der Waals surface area contributed by atoms with E-state index in [1.165, 1.54) is 80.6 Å². The van der Waals surface area contributed by atoms with Crippen LogP contribution in [0, 0.1) is 5.92 Å². The Morgan fingerprint density at radius 3 is 1.31 bits per heavy atom. The molecule has 1 aliphatic carbocycles. The van der Waals surface area contributed by atoms with E-state index in [9.17, 15) is 48.5 Å². The number of ether oxygens (including phenoxy) is 12. The maximum absolute atomic E-state index is 13.1. The number of fused-ring (bicyclic) bond motifs is 3. The first-order valence-corrected chi connectivity index (χ1v) is 49.7. The van der Waals surface area contributed by atoms with Gasteiger partial charge in [-0.3, -0.25) is 33.2 Å². The maximum atomic E-state index is 13.1. The van der Waals surface area contributed by atoms with Gasteiger partial charge in [0.05, 0.1) is 80.9 Å². The van der Waals surface area contributed by atoms with Gasteiger partial charge in [-0.1, -0.05) is 331 Å². The Labute approximate surface area is 939 Å². The number of halogens is 13. The molecule has 8 heterocycles. The number of carbonyl (C=O) groups excluding carboxylic acids is 5. The number of esters is 2. The minimum absolute atomic E-state index is 0. The number of benzene rings is 7. The number of nitrogens with zero attached hydrogens (tertiary/aromatic N) is 6. The second kappa shape index (κ2) is 66.7. The monoisotopic (exact) mass is 2420 g/mol. The van der Waals surface area contributed by atoms with Gasteiger partial charge in [0.15, 0.2) is 28.2 Å². The molecule has 7 aromatic carbocycles. The summed E-state index contributed by atoms with van der Waals surface area (Å²) >= 11 is 62.7. The van der Waals surface area contributed by atoms with Gasteiger partial charge in [-0.15, -0.1) is 0 Å². The van der Waals surface area contributed by atoms with Crippen LogP contribution in [0.1, 0.15) is 131 Å². The fourth-order valence-corrected chi connectivity index (χ4v) is 16.6. The van der Waals surface area contributed by atoms with E-state index in [0.717, 1.165) is 43.6 Å². The molecule has 150 heavy (non-hydrogen) atoms. The van der Waals surface area contributed by atoms with Gasteiger partial charge >= 0.3 is 34.4 Å². The summed E-state index contributed by atoms with van der Waals surface area (Å²) in [5.41, 5.74) is 2.86. The van der Waals surface area contributed by atoms with Crippen LogP contribution in [-0.4, -0.2) is 143 Å². The minimum atomic E-state index is -2.13. The zero-order chi connectivity index (χ0) is 111. The molecule has 2 aliphatic rings. The number of aliphatic hydroxyl groups is 3. The third-order valence-corrected chi connectivity index (χ3v) is 23.1. The molecular formula is C106H102Br2Cl10FMnN7O23. The fraction of sp³-hybridized carbons (Fsp3) is 0.226. The molecule has 0 spiro atoms. The first-order valence-electron chi connectivity index (χ1n) is 44.1. The zero-order valence-electron chi connectivity index (χ0n) is 81.9. The van der Waals surface area contributed by atoms with Crippen molar-refractivity contribution < 1.29 is 124 Å². The Hall–Kier alpha value is -11.9. The van der Waals surface area contributed by atoms with Gasteiger partial charge in [0.1, 0.15) is 125 Å². The van der Waals surface area contributed by atoms with Gasteiger partial charge in [-0.05, 0) is 97.5 Å². The molecule has 0 amide bonds. The van der Waals surface area contributed by atoms with E-state index in [4.69, 9.17) is 177 Å². The van der Waals surface area contributed by atoms with Crippen molar-refractivity contribution in [1.29, 1.82) is 0 Å². The number of methoxy groups -OCH3 is 6. The standard InChI is InChI=1S/C25H21BrClNO6.C15H16ClNO3.C15H14ClNO3.C13H12ClNO2.C12H9Cl2NO.C8H8ClNO3.C7H5BrO.C5H2Cl3N.C4H8O2.CH3F.CH4.Mn.2O/c1-32-22-20-16(12-17(27)28-22)34-25(14-8-10-15(26)11-9-14)19(13-6-4-3-5-7-13)18(23(30)33-2)21(29)24(20,25)31;2*1-10(18)14-12(8-13(16)17-15(14)19-2)20-9-11-6-4-3-5-7-11;1-16-13-8-11(7-12(14)15-13)17-9-10-5-3-2-4-6-10;13-11-6-10(7-12(14)15-11)16-8-9-4-2-1-3-5-9;1-4(11)7-5(12)3-6(9)10-8(7)13-2;8-7-3-1-6(5-9)2-4-7;6-3-1-4(7)9-5(8)2-3;1-3-6-4(2)5;1-2;;;;/h3-12,18-19,21,29,31H,1-2H3;3-8,10,18H,9H2,1-2H3;3-8H,9H2,1-2H3;2-8H,9H2,1H3;1-7H,8H2;3H,1-2H3,(H,10,12);1-5H;1-2H;3H2,1-2H3;1H3;1H4;;;/t18-,19-,21-,24+,25+;;;;;;;;;;;;;/m1............./s1/i;;;;;;;;;1D;;;;. The van der Waals surface area contributed by atoms with E-state index < -0.39 is 68.6 Å². The Balaban J connectivity index is 0.000000307. The number of rotatable bonds is 25. The number of aldehydes is 1. The number of ketones is 2. The van der Waals surface area contributed by atoms with Crippen LogP contribution in [0.5, 0.6) is 58.1 Å². The molecule has 44 heteroatoms. The number of nitrogens with one attached hydrogen (secondary N) is 1. The number of H-pyrrole nitrogens is 1. The number of alkyl halides is 1. The van der Waals surface area contributed by atoms with Gasteiger partial charge in [0, 0.05) is 80.9 Å². The topological polar surface area (TPSA) is 401 Å². The van der Waals surface area contributed by atoms with E-state index in [-0.39, 0.29) is 86.0 Å². The molecule has 797 valence electrons. The molecule has 1 fully saturated rings. The molecule has 14 aromatic rings. The van der Waals surface area contributed by atoms with Gasteiger partial charge in [-0.25, -0.2) is 29.9 Å². The zero-order valence-corrected chi connectivity index (χ0v) is 92.8. The van der Waals surface area contributed by atoms with Crippen LogP contribution in [-0.2, 0) is 79.2 Å². The van der Waals surface area contributed by atoms with Gasteiger partial charge in [0.2, 0.25) is 29.4 Å². The molecule has 6 atom stereocenters. The van der Waals surface area contributed by atoms with Crippen molar-refractivity contribution in [2.75, 3.05) is 56.4 Å². The van der Waals surface area contributed by atoms with Crippen molar-refractivity contribution in [1.82, 2.24) is 34.9 Å². The van der Waals surface area contributed by atoms with Crippen LogP contribution < -0.4 is 52.8 Å². The van der Waals surface area contributed by atoms with Crippen molar-refractivity contribution in [2.45, 2.75) is 97.8 Å². The molecule has 7 aromatic heterocycles. The summed E-state index contributed by atoms with van der Waals surface area (Å²) in [4.78, 5) is 93.3. The van der Waals surface area contributed by atoms with Crippen molar-refractivity contribution in [3.63, 3.8) is 0 Å². The summed E-state index contributed by atoms with van der Waals surface area (Å²) in [5, 5.41) is 36.9. The Morgan fingerprint density at radius 2 is 0.913 bits per heavy atom. The summed E-state index contributed by atoms with van der Waals surface area (Å²) < 4.78 is 98.3. The molecule has 16 rings (SSSR count). The summed E-state index contributed by atoms with van der Waals surface area (Å²) in [6, 6.07) is 78.1. The first kappa shape index (κ1) is 127.